The van der Waals surface area contributed by atoms with Gasteiger partial charge < -0.3 is 29.6 Å². The molecule has 0 radical (unpaired) electrons. The predicted octanol–water partition coefficient (Wildman–Crippen LogP) is 1.50. The SMILES string of the molecule is CC1(C)c2cc(OC[C@@H](O)[C@H](O)CO)ccc2C(=O)c2c1oc1c(O)cncc21. The van der Waals surface area contributed by atoms with Crippen LogP contribution in [0.2, 0.25) is 0 Å². The molecule has 0 spiro atoms. The van der Waals surface area contributed by atoms with E-state index in [4.69, 9.17) is 14.3 Å². The summed E-state index contributed by atoms with van der Waals surface area (Å²) in [5, 5.41) is 38.7. The first-order valence-electron chi connectivity index (χ1n) is 9.14. The second-order valence-electron chi connectivity index (χ2n) is 7.63. The van der Waals surface area contributed by atoms with Gasteiger partial charge >= 0.3 is 0 Å². The number of carbonyl (C=O) groups is 1. The molecule has 0 aliphatic heterocycles. The quantitative estimate of drug-likeness (QED) is 0.507. The van der Waals surface area contributed by atoms with Crippen LogP contribution in [0, 0.1) is 0 Å². The van der Waals surface area contributed by atoms with Crippen molar-refractivity contribution in [1.82, 2.24) is 4.98 Å². The van der Waals surface area contributed by atoms with E-state index in [2.05, 4.69) is 4.98 Å². The van der Waals surface area contributed by atoms with Crippen molar-refractivity contribution in [3.05, 3.63) is 53.0 Å². The Balaban J connectivity index is 1.75. The van der Waals surface area contributed by atoms with E-state index in [9.17, 15) is 20.1 Å². The minimum absolute atomic E-state index is 0.134. The maximum Gasteiger partial charge on any atom is 0.197 e. The molecule has 4 N–H and O–H groups in total. The summed E-state index contributed by atoms with van der Waals surface area (Å²) in [5.74, 6) is 0.465. The van der Waals surface area contributed by atoms with Crippen molar-refractivity contribution in [3.63, 3.8) is 0 Å². The second-order valence-corrected chi connectivity index (χ2v) is 7.63. The number of ether oxygens (including phenoxy) is 1. The molecule has 29 heavy (non-hydrogen) atoms. The molecule has 0 saturated carbocycles. The Morgan fingerprint density at radius 3 is 2.69 bits per heavy atom. The highest BCUT2D eigenvalue weighted by Crippen LogP contribution is 2.47. The van der Waals surface area contributed by atoms with Gasteiger partial charge in [-0.1, -0.05) is 0 Å². The molecule has 2 heterocycles. The summed E-state index contributed by atoms with van der Waals surface area (Å²) in [6.07, 6.45) is 0.218. The van der Waals surface area contributed by atoms with Crippen molar-refractivity contribution in [1.29, 1.82) is 0 Å². The number of rotatable bonds is 5. The van der Waals surface area contributed by atoms with Crippen LogP contribution in [0.3, 0.4) is 0 Å². The van der Waals surface area contributed by atoms with Crippen LogP contribution in [0.1, 0.15) is 41.1 Å². The van der Waals surface area contributed by atoms with Gasteiger partial charge in [0.05, 0.1) is 23.8 Å². The van der Waals surface area contributed by atoms with E-state index in [0.717, 1.165) is 0 Å². The van der Waals surface area contributed by atoms with Gasteiger partial charge in [-0.15, -0.1) is 0 Å². The van der Waals surface area contributed by atoms with Crippen LogP contribution in [0.5, 0.6) is 11.5 Å². The van der Waals surface area contributed by atoms with Gasteiger partial charge in [-0.3, -0.25) is 9.78 Å². The molecule has 2 atom stereocenters. The Kier molecular flexibility index (Phi) is 4.57. The molecular formula is C21H21NO7. The Morgan fingerprint density at radius 1 is 1.21 bits per heavy atom. The van der Waals surface area contributed by atoms with Crippen LogP contribution in [-0.4, -0.2) is 56.6 Å². The summed E-state index contributed by atoms with van der Waals surface area (Å²) < 4.78 is 11.4. The molecule has 0 fully saturated rings. The number of benzene rings is 1. The fourth-order valence-corrected chi connectivity index (χ4v) is 3.66. The van der Waals surface area contributed by atoms with Crippen molar-refractivity contribution in [2.75, 3.05) is 13.2 Å². The average Bonchev–Trinajstić information content (AvgIpc) is 3.12. The molecule has 1 aromatic carbocycles. The summed E-state index contributed by atoms with van der Waals surface area (Å²) in [6.45, 7) is 3.01. The first-order valence-corrected chi connectivity index (χ1v) is 9.14. The minimum Gasteiger partial charge on any atom is -0.503 e. The molecule has 4 rings (SSSR count). The number of carbonyl (C=O) groups excluding carboxylic acids is 1. The number of fused-ring (bicyclic) bond motifs is 4. The molecule has 1 aliphatic carbocycles. The molecule has 0 unspecified atom stereocenters. The number of aromatic hydroxyl groups is 1. The fourth-order valence-electron chi connectivity index (χ4n) is 3.66. The van der Waals surface area contributed by atoms with Crippen LogP contribution in [0.4, 0.5) is 0 Å². The van der Waals surface area contributed by atoms with Crippen LogP contribution in [0.15, 0.2) is 35.0 Å². The highest BCUT2D eigenvalue weighted by atomic mass is 16.5. The topological polar surface area (TPSA) is 133 Å². The molecule has 3 aromatic rings. The number of pyridine rings is 1. The molecule has 1 aliphatic rings. The third-order valence-corrected chi connectivity index (χ3v) is 5.33. The van der Waals surface area contributed by atoms with Crippen LogP contribution < -0.4 is 4.74 Å². The smallest absolute Gasteiger partial charge is 0.197 e. The lowest BCUT2D eigenvalue weighted by molar-refractivity contribution is -0.0339. The first kappa shape index (κ1) is 19.4. The number of hydrogen-bond acceptors (Lipinski definition) is 8. The first-order chi connectivity index (χ1) is 13.8. The normalized spacial score (nSPS) is 16.9. The minimum atomic E-state index is -1.30. The molecular weight excluding hydrogens is 378 g/mol. The lowest BCUT2D eigenvalue weighted by Crippen LogP contribution is -2.34. The lowest BCUT2D eigenvalue weighted by Gasteiger charge is -2.31. The maximum absolute atomic E-state index is 13.2. The van der Waals surface area contributed by atoms with E-state index in [1.165, 1.54) is 12.4 Å². The van der Waals surface area contributed by atoms with Gasteiger partial charge in [0.2, 0.25) is 0 Å². The number of ketones is 1. The van der Waals surface area contributed by atoms with Crippen LogP contribution >= 0.6 is 0 Å². The summed E-state index contributed by atoms with van der Waals surface area (Å²) in [5.41, 5.74) is 1.06. The average molecular weight is 399 g/mol. The number of nitrogens with zero attached hydrogens (tertiary/aromatic N) is 1. The lowest BCUT2D eigenvalue weighted by atomic mass is 9.72. The summed E-state index contributed by atoms with van der Waals surface area (Å²) in [7, 11) is 0. The third kappa shape index (κ3) is 2.96. The Morgan fingerprint density at radius 2 is 1.97 bits per heavy atom. The highest BCUT2D eigenvalue weighted by Gasteiger charge is 2.42. The van der Waals surface area contributed by atoms with E-state index in [0.29, 0.717) is 33.6 Å². The molecule has 8 nitrogen and oxygen atoms in total. The van der Waals surface area contributed by atoms with Crippen molar-refractivity contribution in [2.24, 2.45) is 0 Å². The largest absolute Gasteiger partial charge is 0.503 e. The maximum atomic E-state index is 13.2. The Labute approximate surface area is 166 Å². The highest BCUT2D eigenvalue weighted by molar-refractivity contribution is 6.19. The van der Waals surface area contributed by atoms with Gasteiger partial charge in [0, 0.05) is 17.2 Å². The molecule has 0 bridgehead atoms. The number of aliphatic hydroxyl groups excluding tert-OH is 3. The van der Waals surface area contributed by atoms with Gasteiger partial charge in [0.15, 0.2) is 17.1 Å². The van der Waals surface area contributed by atoms with Crippen molar-refractivity contribution in [3.8, 4) is 11.5 Å². The zero-order valence-corrected chi connectivity index (χ0v) is 15.9. The standard InChI is InChI=1S/C21H21NO7/c1-21(2)13-5-10(28-9-16(26)15(25)8-23)3-4-11(13)18(27)17-12-6-22-7-14(24)19(12)29-20(17)21/h3-7,15-16,23-26H,8-9H2,1-2H3/t15-,16-/m1/s1. The van der Waals surface area contributed by atoms with E-state index < -0.39 is 24.2 Å². The van der Waals surface area contributed by atoms with Gasteiger partial charge in [-0.25, -0.2) is 0 Å². The van der Waals surface area contributed by atoms with Crippen molar-refractivity contribution >= 4 is 16.8 Å². The Hall–Kier alpha value is -2.94. The fraction of sp³-hybridized carbons (Fsp3) is 0.333. The van der Waals surface area contributed by atoms with Gasteiger partial charge in [0.1, 0.15) is 30.3 Å². The number of aromatic nitrogens is 1. The van der Waals surface area contributed by atoms with E-state index in [1.54, 1.807) is 18.2 Å². The van der Waals surface area contributed by atoms with Gasteiger partial charge in [-0.2, -0.15) is 0 Å². The van der Waals surface area contributed by atoms with Gasteiger partial charge in [0.25, 0.3) is 0 Å². The van der Waals surface area contributed by atoms with E-state index >= 15 is 0 Å². The molecule has 152 valence electrons. The van der Waals surface area contributed by atoms with E-state index in [1.807, 2.05) is 13.8 Å². The number of aliphatic hydroxyl groups is 3. The van der Waals surface area contributed by atoms with E-state index in [-0.39, 0.29) is 23.7 Å². The third-order valence-electron chi connectivity index (χ3n) is 5.33. The molecule has 0 amide bonds. The second kappa shape index (κ2) is 6.84. The molecule has 2 aromatic heterocycles. The molecule has 8 heteroatoms. The number of furan rings is 1. The van der Waals surface area contributed by atoms with Crippen LogP contribution in [-0.2, 0) is 5.41 Å². The summed E-state index contributed by atoms with van der Waals surface area (Å²) in [4.78, 5) is 17.1. The van der Waals surface area contributed by atoms with Gasteiger partial charge in [-0.05, 0) is 37.6 Å². The summed E-state index contributed by atoms with van der Waals surface area (Å²) in [6, 6.07) is 4.94. The zero-order valence-electron chi connectivity index (χ0n) is 15.9. The monoisotopic (exact) mass is 399 g/mol. The molecule has 0 saturated heterocycles. The number of hydrogen-bond donors (Lipinski definition) is 4. The Bertz CT molecular complexity index is 1100. The summed E-state index contributed by atoms with van der Waals surface area (Å²) >= 11 is 0. The zero-order chi connectivity index (χ0) is 20.9. The van der Waals surface area contributed by atoms with Crippen molar-refractivity contribution < 1.29 is 34.4 Å². The predicted molar refractivity (Wildman–Crippen MR) is 102 cm³/mol. The van der Waals surface area contributed by atoms with Crippen LogP contribution in [0.25, 0.3) is 11.0 Å². The van der Waals surface area contributed by atoms with Crippen molar-refractivity contribution in [2.45, 2.75) is 31.5 Å².